The van der Waals surface area contributed by atoms with E-state index in [-0.39, 0.29) is 0 Å². The maximum absolute atomic E-state index is 6.19. The van der Waals surface area contributed by atoms with Gasteiger partial charge in [0.15, 0.2) is 0 Å². The van der Waals surface area contributed by atoms with Gasteiger partial charge in [-0.15, -0.1) is 11.6 Å². The summed E-state index contributed by atoms with van der Waals surface area (Å²) < 4.78 is 0. The topological polar surface area (TPSA) is 0 Å². The fraction of sp³-hybridized carbons (Fsp3) is 0.600. The van der Waals surface area contributed by atoms with E-state index in [0.29, 0.717) is 11.3 Å². The Morgan fingerprint density at radius 3 is 2.44 bits per heavy atom. The maximum Gasteiger partial charge on any atom is 0.0282 e. The molecule has 1 aliphatic carbocycles. The van der Waals surface area contributed by atoms with Crippen LogP contribution in [-0.2, 0) is 0 Å². The van der Waals surface area contributed by atoms with Gasteiger partial charge in [0.25, 0.3) is 0 Å². The van der Waals surface area contributed by atoms with Gasteiger partial charge >= 0.3 is 0 Å². The monoisotopic (exact) mass is 236 g/mol. The highest BCUT2D eigenvalue weighted by Gasteiger charge is 2.51. The zero-order chi connectivity index (χ0) is 11.8. The van der Waals surface area contributed by atoms with Crippen molar-refractivity contribution in [2.45, 2.75) is 33.1 Å². The Kier molecular flexibility index (Phi) is 3.30. The Hall–Kier alpha value is -0.490. The normalized spacial score (nSPS) is 27.8. The molecule has 0 N–H and O–H groups in total. The van der Waals surface area contributed by atoms with Crippen molar-refractivity contribution < 1.29 is 0 Å². The zero-order valence-electron chi connectivity index (χ0n) is 10.4. The summed E-state index contributed by atoms with van der Waals surface area (Å²) in [6.45, 7) is 6.93. The largest absolute Gasteiger partial charge is 0.126 e. The van der Waals surface area contributed by atoms with E-state index in [1.807, 2.05) is 0 Å². The van der Waals surface area contributed by atoms with Crippen LogP contribution in [-0.4, -0.2) is 5.88 Å². The van der Waals surface area contributed by atoms with E-state index in [1.165, 1.54) is 12.0 Å². The molecule has 0 saturated heterocycles. The maximum atomic E-state index is 6.19. The van der Waals surface area contributed by atoms with E-state index in [0.717, 1.165) is 17.7 Å². The molecule has 1 heteroatoms. The first kappa shape index (κ1) is 12.0. The molecule has 0 heterocycles. The second kappa shape index (κ2) is 4.41. The van der Waals surface area contributed by atoms with Crippen molar-refractivity contribution in [3.8, 4) is 0 Å². The van der Waals surface area contributed by atoms with Gasteiger partial charge in [0.2, 0.25) is 0 Å². The number of hydrogen-bond donors (Lipinski definition) is 0. The molecule has 1 aliphatic rings. The predicted molar refractivity (Wildman–Crippen MR) is 71.0 cm³/mol. The van der Waals surface area contributed by atoms with Gasteiger partial charge in [0.1, 0.15) is 0 Å². The first-order chi connectivity index (χ1) is 7.59. The number of benzene rings is 1. The molecule has 1 aromatic rings. The van der Waals surface area contributed by atoms with E-state index >= 15 is 0 Å². The zero-order valence-corrected chi connectivity index (χ0v) is 11.2. The smallest absolute Gasteiger partial charge is 0.0282 e. The van der Waals surface area contributed by atoms with E-state index in [1.54, 1.807) is 0 Å². The minimum Gasteiger partial charge on any atom is -0.126 e. The van der Waals surface area contributed by atoms with E-state index in [9.17, 15) is 0 Å². The summed E-state index contributed by atoms with van der Waals surface area (Å²) in [5.74, 6) is 2.95. The summed E-state index contributed by atoms with van der Waals surface area (Å²) in [4.78, 5) is 0. The Balaban J connectivity index is 2.11. The van der Waals surface area contributed by atoms with Crippen molar-refractivity contribution in [1.29, 1.82) is 0 Å². The average Bonchev–Trinajstić information content (AvgIpc) is 3.09. The van der Waals surface area contributed by atoms with Crippen LogP contribution in [0.15, 0.2) is 30.3 Å². The van der Waals surface area contributed by atoms with Crippen LogP contribution in [0.2, 0.25) is 0 Å². The quantitative estimate of drug-likeness (QED) is 0.666. The highest BCUT2D eigenvalue weighted by molar-refractivity contribution is 6.18. The summed E-state index contributed by atoms with van der Waals surface area (Å²) in [5.41, 5.74) is 1.78. The lowest BCUT2D eigenvalue weighted by atomic mass is 9.75. The number of alkyl halides is 1. The lowest BCUT2D eigenvalue weighted by Gasteiger charge is -2.32. The van der Waals surface area contributed by atoms with E-state index < -0.39 is 0 Å². The fourth-order valence-corrected chi connectivity index (χ4v) is 3.18. The highest BCUT2D eigenvalue weighted by atomic mass is 35.5. The first-order valence-corrected chi connectivity index (χ1v) is 6.74. The lowest BCUT2D eigenvalue weighted by molar-refractivity contribution is 0.209. The van der Waals surface area contributed by atoms with Crippen LogP contribution in [0.3, 0.4) is 0 Å². The van der Waals surface area contributed by atoms with Gasteiger partial charge < -0.3 is 0 Å². The molecule has 0 amide bonds. The third kappa shape index (κ3) is 2.00. The molecule has 2 rings (SSSR count). The molecule has 1 aromatic carbocycles. The second-order valence-electron chi connectivity index (χ2n) is 5.65. The SMILES string of the molecule is CC(C)C(C)(CCl)C1CC1c1ccccc1. The Bertz CT molecular complexity index is 344. The van der Waals surface area contributed by atoms with Gasteiger partial charge in [-0.2, -0.15) is 0 Å². The van der Waals surface area contributed by atoms with E-state index in [2.05, 4.69) is 51.1 Å². The van der Waals surface area contributed by atoms with Crippen LogP contribution in [0.5, 0.6) is 0 Å². The van der Waals surface area contributed by atoms with Crippen LogP contribution in [0.1, 0.15) is 38.7 Å². The number of hydrogen-bond acceptors (Lipinski definition) is 0. The van der Waals surface area contributed by atoms with Gasteiger partial charge in [-0.3, -0.25) is 0 Å². The second-order valence-corrected chi connectivity index (χ2v) is 5.92. The van der Waals surface area contributed by atoms with Crippen molar-refractivity contribution in [2.75, 3.05) is 5.88 Å². The molecule has 88 valence electrons. The molecule has 3 unspecified atom stereocenters. The van der Waals surface area contributed by atoms with Crippen LogP contribution in [0.4, 0.5) is 0 Å². The lowest BCUT2D eigenvalue weighted by Crippen LogP contribution is -2.28. The molecule has 1 fully saturated rings. The molecule has 0 aromatic heterocycles. The minimum atomic E-state index is 0.294. The third-order valence-corrected chi connectivity index (χ3v) is 5.05. The molecule has 0 radical (unpaired) electrons. The average molecular weight is 237 g/mol. The van der Waals surface area contributed by atoms with E-state index in [4.69, 9.17) is 11.6 Å². The predicted octanol–water partition coefficient (Wildman–Crippen LogP) is 4.69. The summed E-state index contributed by atoms with van der Waals surface area (Å²) in [5, 5.41) is 0. The van der Waals surface area contributed by atoms with Gasteiger partial charge in [-0.25, -0.2) is 0 Å². The minimum absolute atomic E-state index is 0.294. The van der Waals surface area contributed by atoms with Gasteiger partial charge in [-0.1, -0.05) is 51.1 Å². The molecule has 1 saturated carbocycles. The molecule has 0 bridgehead atoms. The van der Waals surface area contributed by atoms with Crippen molar-refractivity contribution >= 4 is 11.6 Å². The molecule has 0 nitrogen and oxygen atoms in total. The number of rotatable bonds is 4. The Morgan fingerprint density at radius 2 is 1.94 bits per heavy atom. The fourth-order valence-electron chi connectivity index (χ4n) is 2.67. The molecule has 3 atom stereocenters. The molecule has 0 aliphatic heterocycles. The molecule has 16 heavy (non-hydrogen) atoms. The molecular formula is C15H21Cl. The summed E-state index contributed by atoms with van der Waals surface area (Å²) in [6, 6.07) is 10.9. The Labute approximate surface area is 104 Å². The summed E-state index contributed by atoms with van der Waals surface area (Å²) >= 11 is 6.19. The van der Waals surface area contributed by atoms with Crippen LogP contribution < -0.4 is 0 Å². The summed E-state index contributed by atoms with van der Waals surface area (Å²) in [6.07, 6.45) is 1.31. The van der Waals surface area contributed by atoms with Crippen LogP contribution >= 0.6 is 11.6 Å². The van der Waals surface area contributed by atoms with Gasteiger partial charge in [-0.05, 0) is 35.2 Å². The van der Waals surface area contributed by atoms with Crippen molar-refractivity contribution in [3.63, 3.8) is 0 Å². The van der Waals surface area contributed by atoms with Crippen molar-refractivity contribution in [3.05, 3.63) is 35.9 Å². The van der Waals surface area contributed by atoms with Crippen molar-refractivity contribution in [1.82, 2.24) is 0 Å². The van der Waals surface area contributed by atoms with Crippen molar-refractivity contribution in [2.24, 2.45) is 17.3 Å². The van der Waals surface area contributed by atoms with Crippen LogP contribution in [0.25, 0.3) is 0 Å². The Morgan fingerprint density at radius 1 is 1.31 bits per heavy atom. The third-order valence-electron chi connectivity index (χ3n) is 4.47. The number of halogens is 1. The molecular weight excluding hydrogens is 216 g/mol. The standard InChI is InChI=1S/C15H21Cl/c1-11(2)15(3,10-16)14-9-13(14)12-7-5-4-6-8-12/h4-8,11,13-14H,9-10H2,1-3H3. The first-order valence-electron chi connectivity index (χ1n) is 6.20. The highest BCUT2D eigenvalue weighted by Crippen LogP contribution is 2.59. The summed E-state index contributed by atoms with van der Waals surface area (Å²) in [7, 11) is 0. The molecule has 0 spiro atoms. The van der Waals surface area contributed by atoms with Gasteiger partial charge in [0.05, 0.1) is 0 Å². The van der Waals surface area contributed by atoms with Crippen LogP contribution in [0, 0.1) is 17.3 Å². The van der Waals surface area contributed by atoms with Gasteiger partial charge in [0, 0.05) is 5.88 Å².